The Morgan fingerprint density at radius 1 is 1.27 bits per heavy atom. The molecule has 0 saturated heterocycles. The summed E-state index contributed by atoms with van der Waals surface area (Å²) in [5, 5.41) is 0. The lowest BCUT2D eigenvalue weighted by molar-refractivity contribution is -0.138. The zero-order valence-corrected chi connectivity index (χ0v) is 8.88. The van der Waals surface area contributed by atoms with Gasteiger partial charge in [0.05, 0.1) is 5.56 Å². The van der Waals surface area contributed by atoms with Crippen molar-refractivity contribution in [3.63, 3.8) is 0 Å². The largest absolute Gasteiger partial charge is 0.416 e. The van der Waals surface area contributed by atoms with Gasteiger partial charge in [0.1, 0.15) is 5.82 Å². The van der Waals surface area contributed by atoms with Crippen molar-refractivity contribution in [1.29, 1.82) is 0 Å². The van der Waals surface area contributed by atoms with Crippen molar-refractivity contribution in [1.82, 2.24) is 0 Å². The van der Waals surface area contributed by atoms with Gasteiger partial charge in [0, 0.05) is 11.3 Å². The van der Waals surface area contributed by atoms with E-state index in [4.69, 9.17) is 0 Å². The first-order chi connectivity index (χ1) is 6.96. The molecule has 0 aliphatic rings. The molecule has 0 N–H and O–H groups in total. The van der Waals surface area contributed by atoms with E-state index in [1.54, 1.807) is 0 Å². The van der Waals surface area contributed by atoms with Gasteiger partial charge in [-0.15, -0.1) is 0 Å². The van der Waals surface area contributed by atoms with Crippen LogP contribution in [0.4, 0.5) is 17.6 Å². The number of alkyl halides is 3. The van der Waals surface area contributed by atoms with Crippen molar-refractivity contribution in [2.45, 2.75) is 18.9 Å². The molecule has 5 heteroatoms. The van der Waals surface area contributed by atoms with Crippen LogP contribution in [0.3, 0.4) is 0 Å². The highest BCUT2D eigenvalue weighted by Gasteiger charge is 2.34. The van der Waals surface area contributed by atoms with Crippen molar-refractivity contribution in [3.8, 4) is 0 Å². The summed E-state index contributed by atoms with van der Waals surface area (Å²) in [7, 11) is 0. The molecular formula is C10H10F4S. The van der Waals surface area contributed by atoms with E-state index < -0.39 is 17.6 Å². The molecule has 0 amide bonds. The molecule has 0 saturated carbocycles. The van der Waals surface area contributed by atoms with Crippen molar-refractivity contribution in [3.05, 3.63) is 35.1 Å². The predicted molar refractivity (Wildman–Crippen MR) is 53.2 cm³/mol. The molecule has 0 bridgehead atoms. The Morgan fingerprint density at radius 3 is 2.47 bits per heavy atom. The summed E-state index contributed by atoms with van der Waals surface area (Å²) in [5.74, 6) is -0.0744. The van der Waals surface area contributed by atoms with Crippen LogP contribution in [0.15, 0.2) is 18.2 Å². The maximum absolute atomic E-state index is 13.2. The average molecular weight is 238 g/mol. The van der Waals surface area contributed by atoms with E-state index in [0.29, 0.717) is 5.75 Å². The molecule has 0 aliphatic carbocycles. The smallest absolute Gasteiger partial charge is 0.207 e. The van der Waals surface area contributed by atoms with Gasteiger partial charge in [-0.25, -0.2) is 4.39 Å². The standard InChI is InChI=1S/C10H10F4S/c1-2-15-6-7-8(10(12,13)14)4-3-5-9(7)11/h3-5H,2,6H2,1H3. The van der Waals surface area contributed by atoms with Gasteiger partial charge in [-0.3, -0.25) is 0 Å². The van der Waals surface area contributed by atoms with Crippen molar-refractivity contribution < 1.29 is 17.6 Å². The second-order valence-corrected chi connectivity index (χ2v) is 4.18. The van der Waals surface area contributed by atoms with Crippen LogP contribution in [0, 0.1) is 5.82 Å². The molecule has 0 fully saturated rings. The summed E-state index contributed by atoms with van der Waals surface area (Å²) in [6.07, 6.45) is -4.48. The van der Waals surface area contributed by atoms with E-state index >= 15 is 0 Å². The van der Waals surface area contributed by atoms with Gasteiger partial charge < -0.3 is 0 Å². The highest BCUT2D eigenvalue weighted by molar-refractivity contribution is 7.98. The molecule has 84 valence electrons. The fraction of sp³-hybridized carbons (Fsp3) is 0.400. The van der Waals surface area contributed by atoms with Gasteiger partial charge in [0.2, 0.25) is 0 Å². The van der Waals surface area contributed by atoms with Crippen LogP contribution in [-0.2, 0) is 11.9 Å². The van der Waals surface area contributed by atoms with Gasteiger partial charge in [-0.2, -0.15) is 24.9 Å². The van der Waals surface area contributed by atoms with Crippen LogP contribution < -0.4 is 0 Å². The van der Waals surface area contributed by atoms with Crippen LogP contribution in [-0.4, -0.2) is 5.75 Å². The number of benzene rings is 1. The number of rotatable bonds is 3. The Balaban J connectivity index is 3.09. The van der Waals surface area contributed by atoms with Crippen molar-refractivity contribution in [2.24, 2.45) is 0 Å². The first-order valence-corrected chi connectivity index (χ1v) is 5.54. The molecule has 0 aliphatic heterocycles. The first-order valence-electron chi connectivity index (χ1n) is 4.39. The van der Waals surface area contributed by atoms with Gasteiger partial charge in [-0.05, 0) is 17.9 Å². The third-order valence-electron chi connectivity index (χ3n) is 1.87. The number of hydrogen-bond donors (Lipinski definition) is 0. The molecule has 0 spiro atoms. The van der Waals surface area contributed by atoms with Crippen LogP contribution in [0.1, 0.15) is 18.1 Å². The van der Waals surface area contributed by atoms with Crippen LogP contribution in [0.5, 0.6) is 0 Å². The number of thioether (sulfide) groups is 1. The summed E-state index contributed by atoms with van der Waals surface area (Å²) < 4.78 is 50.6. The Bertz CT molecular complexity index is 333. The third-order valence-corrected chi connectivity index (χ3v) is 2.78. The Kier molecular flexibility index (Phi) is 4.02. The highest BCUT2D eigenvalue weighted by atomic mass is 32.2. The number of hydrogen-bond acceptors (Lipinski definition) is 1. The highest BCUT2D eigenvalue weighted by Crippen LogP contribution is 2.34. The minimum atomic E-state index is -4.48. The van der Waals surface area contributed by atoms with E-state index in [2.05, 4.69) is 0 Å². The van der Waals surface area contributed by atoms with Crippen molar-refractivity contribution >= 4 is 11.8 Å². The van der Waals surface area contributed by atoms with Gasteiger partial charge in [0.15, 0.2) is 0 Å². The monoisotopic (exact) mass is 238 g/mol. The summed E-state index contributed by atoms with van der Waals surface area (Å²) in [4.78, 5) is 0. The first kappa shape index (κ1) is 12.4. The second kappa shape index (κ2) is 4.88. The quantitative estimate of drug-likeness (QED) is 0.714. The molecule has 1 rings (SSSR count). The molecule has 0 unspecified atom stereocenters. The van der Waals surface area contributed by atoms with E-state index in [-0.39, 0.29) is 11.3 Å². The zero-order valence-electron chi connectivity index (χ0n) is 8.07. The average Bonchev–Trinajstić information content (AvgIpc) is 2.14. The molecule has 0 aromatic heterocycles. The summed E-state index contributed by atoms with van der Waals surface area (Å²) in [6, 6.07) is 3.05. The number of halogens is 4. The molecule has 1 aromatic carbocycles. The summed E-state index contributed by atoms with van der Waals surface area (Å²) in [5.41, 5.74) is -1.12. The van der Waals surface area contributed by atoms with E-state index in [1.165, 1.54) is 11.8 Å². The van der Waals surface area contributed by atoms with Crippen molar-refractivity contribution in [2.75, 3.05) is 5.75 Å². The van der Waals surface area contributed by atoms with Gasteiger partial charge in [-0.1, -0.05) is 13.0 Å². The third kappa shape index (κ3) is 3.12. The lowest BCUT2D eigenvalue weighted by atomic mass is 10.1. The normalized spacial score (nSPS) is 11.8. The predicted octanol–water partition coefficient (Wildman–Crippen LogP) is 4.10. The Labute approximate surface area is 89.7 Å². The fourth-order valence-electron chi connectivity index (χ4n) is 1.18. The van der Waals surface area contributed by atoms with Crippen LogP contribution in [0.2, 0.25) is 0 Å². The van der Waals surface area contributed by atoms with E-state index in [0.717, 1.165) is 18.2 Å². The maximum Gasteiger partial charge on any atom is 0.416 e. The molecule has 0 atom stereocenters. The molecular weight excluding hydrogens is 228 g/mol. The molecule has 1 aromatic rings. The minimum Gasteiger partial charge on any atom is -0.207 e. The summed E-state index contributed by atoms with van der Waals surface area (Å²) in [6.45, 7) is 1.82. The topological polar surface area (TPSA) is 0 Å². The molecule has 15 heavy (non-hydrogen) atoms. The van der Waals surface area contributed by atoms with Crippen LogP contribution >= 0.6 is 11.8 Å². The zero-order chi connectivity index (χ0) is 11.5. The van der Waals surface area contributed by atoms with E-state index in [9.17, 15) is 17.6 Å². The van der Waals surface area contributed by atoms with Crippen LogP contribution in [0.25, 0.3) is 0 Å². The Morgan fingerprint density at radius 2 is 1.93 bits per heavy atom. The van der Waals surface area contributed by atoms with Gasteiger partial charge >= 0.3 is 6.18 Å². The maximum atomic E-state index is 13.2. The molecule has 0 heterocycles. The molecule has 0 nitrogen and oxygen atoms in total. The van der Waals surface area contributed by atoms with Gasteiger partial charge in [0.25, 0.3) is 0 Å². The van der Waals surface area contributed by atoms with E-state index in [1.807, 2.05) is 6.92 Å². The lowest BCUT2D eigenvalue weighted by Gasteiger charge is -2.12. The SMILES string of the molecule is CCSCc1c(F)cccc1C(F)(F)F. The molecule has 0 radical (unpaired) electrons. The second-order valence-electron chi connectivity index (χ2n) is 2.90. The lowest BCUT2D eigenvalue weighted by Crippen LogP contribution is -2.10. The summed E-state index contributed by atoms with van der Waals surface area (Å²) >= 11 is 1.27. The fourth-order valence-corrected chi connectivity index (χ4v) is 1.88. The minimum absolute atomic E-state index is 0.0536. The Hall–Kier alpha value is -0.710.